The summed E-state index contributed by atoms with van der Waals surface area (Å²) in [6.45, 7) is 4.69. The summed E-state index contributed by atoms with van der Waals surface area (Å²) in [5.74, 6) is -0.188. The van der Waals surface area contributed by atoms with Gasteiger partial charge in [0.1, 0.15) is 5.82 Å². The second-order valence-electron chi connectivity index (χ2n) is 4.11. The molecule has 2 nitrogen and oxygen atoms in total. The van der Waals surface area contributed by atoms with Crippen LogP contribution >= 0.6 is 15.9 Å². The minimum absolute atomic E-state index is 0.0248. The number of ether oxygens (including phenoxy) is 1. The summed E-state index contributed by atoms with van der Waals surface area (Å²) in [5.41, 5.74) is 0.683. The third-order valence-electron chi connectivity index (χ3n) is 2.78. The van der Waals surface area contributed by atoms with Gasteiger partial charge in [0.05, 0.1) is 6.61 Å². The summed E-state index contributed by atoms with van der Waals surface area (Å²) in [5, 5.41) is 3.36. The van der Waals surface area contributed by atoms with Crippen molar-refractivity contribution in [3.8, 4) is 0 Å². The second-order valence-corrected chi connectivity index (χ2v) is 5.03. The molecule has 2 atom stereocenters. The summed E-state index contributed by atoms with van der Waals surface area (Å²) in [6.07, 6.45) is 0.955. The Kier molecular flexibility index (Phi) is 6.09. The fourth-order valence-electron chi connectivity index (χ4n) is 1.78. The highest BCUT2D eigenvalue weighted by molar-refractivity contribution is 9.10. The smallest absolute Gasteiger partial charge is 0.129 e. The van der Waals surface area contributed by atoms with Crippen molar-refractivity contribution in [2.24, 2.45) is 0 Å². The zero-order valence-corrected chi connectivity index (χ0v) is 12.1. The minimum Gasteiger partial charge on any atom is -0.383 e. The Morgan fingerprint density at radius 2 is 2.18 bits per heavy atom. The molecule has 0 radical (unpaired) electrons. The molecule has 0 saturated heterocycles. The fraction of sp³-hybridized carbons (Fsp3) is 0.538. The Morgan fingerprint density at radius 1 is 1.47 bits per heavy atom. The number of methoxy groups -OCH3 is 1. The fourth-order valence-corrected chi connectivity index (χ4v) is 2.11. The Bertz CT molecular complexity index is 359. The summed E-state index contributed by atoms with van der Waals surface area (Å²) in [6, 6.07) is 5.37. The van der Waals surface area contributed by atoms with Gasteiger partial charge in [0.15, 0.2) is 0 Å². The molecule has 0 aromatic heterocycles. The predicted octanol–water partition coefficient (Wildman–Crippen LogP) is 3.66. The lowest BCUT2D eigenvalue weighted by Gasteiger charge is -2.22. The van der Waals surface area contributed by atoms with Gasteiger partial charge in [-0.1, -0.05) is 28.9 Å². The van der Waals surface area contributed by atoms with Crippen LogP contribution in [-0.2, 0) is 4.74 Å². The first-order valence-electron chi connectivity index (χ1n) is 5.78. The molecule has 0 aliphatic heterocycles. The Morgan fingerprint density at radius 3 is 2.71 bits per heavy atom. The van der Waals surface area contributed by atoms with E-state index in [4.69, 9.17) is 4.74 Å². The van der Waals surface area contributed by atoms with Gasteiger partial charge in [0, 0.05) is 29.2 Å². The SMILES string of the molecule is CCC(COC)NC(C)c1ccc(Br)cc1F. The van der Waals surface area contributed by atoms with E-state index in [1.54, 1.807) is 13.2 Å². The average Bonchev–Trinajstić information content (AvgIpc) is 2.28. The van der Waals surface area contributed by atoms with Gasteiger partial charge >= 0.3 is 0 Å². The van der Waals surface area contributed by atoms with Gasteiger partial charge in [-0.25, -0.2) is 4.39 Å². The first-order chi connectivity index (χ1) is 8.08. The van der Waals surface area contributed by atoms with E-state index in [9.17, 15) is 4.39 Å². The van der Waals surface area contributed by atoms with Crippen LogP contribution in [0.25, 0.3) is 0 Å². The number of hydrogen-bond donors (Lipinski definition) is 1. The van der Waals surface area contributed by atoms with E-state index < -0.39 is 0 Å². The molecule has 0 aliphatic carbocycles. The van der Waals surface area contributed by atoms with Crippen LogP contribution in [0.3, 0.4) is 0 Å². The Hall–Kier alpha value is -0.450. The zero-order chi connectivity index (χ0) is 12.8. The maximum absolute atomic E-state index is 13.7. The van der Waals surface area contributed by atoms with Crippen LogP contribution in [0.2, 0.25) is 0 Å². The summed E-state index contributed by atoms with van der Waals surface area (Å²) in [4.78, 5) is 0. The maximum Gasteiger partial charge on any atom is 0.129 e. The van der Waals surface area contributed by atoms with Crippen molar-refractivity contribution in [2.45, 2.75) is 32.4 Å². The molecule has 0 spiro atoms. The van der Waals surface area contributed by atoms with Gasteiger partial charge < -0.3 is 10.1 Å². The van der Waals surface area contributed by atoms with Gasteiger partial charge in [-0.3, -0.25) is 0 Å². The second kappa shape index (κ2) is 7.09. The van der Waals surface area contributed by atoms with Gasteiger partial charge in [0.2, 0.25) is 0 Å². The van der Waals surface area contributed by atoms with E-state index in [1.165, 1.54) is 6.07 Å². The summed E-state index contributed by atoms with van der Waals surface area (Å²) >= 11 is 3.25. The highest BCUT2D eigenvalue weighted by Gasteiger charge is 2.14. The first kappa shape index (κ1) is 14.6. The highest BCUT2D eigenvalue weighted by atomic mass is 79.9. The van der Waals surface area contributed by atoms with Gasteiger partial charge in [0.25, 0.3) is 0 Å². The average molecular weight is 304 g/mol. The molecule has 0 bridgehead atoms. The van der Waals surface area contributed by atoms with E-state index >= 15 is 0 Å². The van der Waals surface area contributed by atoms with Crippen LogP contribution < -0.4 is 5.32 Å². The Labute approximate surface area is 111 Å². The van der Waals surface area contributed by atoms with E-state index in [-0.39, 0.29) is 17.9 Å². The maximum atomic E-state index is 13.7. The summed E-state index contributed by atoms with van der Waals surface area (Å²) < 4.78 is 19.6. The number of benzene rings is 1. The van der Waals surface area contributed by atoms with Crippen LogP contribution in [0.5, 0.6) is 0 Å². The molecule has 0 aliphatic rings. The van der Waals surface area contributed by atoms with Crippen LogP contribution in [0, 0.1) is 5.82 Å². The van der Waals surface area contributed by atoms with Crippen LogP contribution in [0.1, 0.15) is 31.9 Å². The first-order valence-corrected chi connectivity index (χ1v) is 6.57. The summed E-state index contributed by atoms with van der Waals surface area (Å²) in [7, 11) is 1.68. The van der Waals surface area contributed by atoms with Crippen LogP contribution in [0.4, 0.5) is 4.39 Å². The number of nitrogens with one attached hydrogen (secondary N) is 1. The van der Waals surface area contributed by atoms with Gasteiger partial charge in [-0.2, -0.15) is 0 Å². The minimum atomic E-state index is -0.188. The lowest BCUT2D eigenvalue weighted by atomic mass is 10.1. The lowest BCUT2D eigenvalue weighted by molar-refractivity contribution is 0.159. The van der Waals surface area contributed by atoms with Crippen molar-refractivity contribution in [3.63, 3.8) is 0 Å². The van der Waals surface area contributed by atoms with Gasteiger partial charge in [-0.05, 0) is 25.5 Å². The molecule has 17 heavy (non-hydrogen) atoms. The molecular formula is C13H19BrFNO. The molecule has 4 heteroatoms. The van der Waals surface area contributed by atoms with Crippen molar-refractivity contribution in [1.82, 2.24) is 5.32 Å². The van der Waals surface area contributed by atoms with Crippen molar-refractivity contribution >= 4 is 15.9 Å². The van der Waals surface area contributed by atoms with E-state index in [1.807, 2.05) is 13.0 Å². The van der Waals surface area contributed by atoms with Crippen LogP contribution in [0.15, 0.2) is 22.7 Å². The number of hydrogen-bond acceptors (Lipinski definition) is 2. The molecule has 96 valence electrons. The lowest BCUT2D eigenvalue weighted by Crippen LogP contribution is -2.34. The molecule has 0 heterocycles. The molecule has 2 unspecified atom stereocenters. The third kappa shape index (κ3) is 4.37. The third-order valence-corrected chi connectivity index (χ3v) is 3.27. The highest BCUT2D eigenvalue weighted by Crippen LogP contribution is 2.21. The quantitative estimate of drug-likeness (QED) is 0.866. The van der Waals surface area contributed by atoms with Crippen molar-refractivity contribution in [1.29, 1.82) is 0 Å². The Balaban J connectivity index is 2.71. The molecule has 1 rings (SSSR count). The van der Waals surface area contributed by atoms with E-state index in [2.05, 4.69) is 28.2 Å². The molecule has 1 aromatic rings. The molecule has 0 fully saturated rings. The molecule has 1 N–H and O–H groups in total. The zero-order valence-electron chi connectivity index (χ0n) is 10.5. The van der Waals surface area contributed by atoms with E-state index in [0.717, 1.165) is 10.9 Å². The van der Waals surface area contributed by atoms with E-state index in [0.29, 0.717) is 12.2 Å². The number of rotatable bonds is 6. The van der Waals surface area contributed by atoms with Gasteiger partial charge in [-0.15, -0.1) is 0 Å². The number of halogens is 2. The monoisotopic (exact) mass is 303 g/mol. The van der Waals surface area contributed by atoms with Crippen molar-refractivity contribution < 1.29 is 9.13 Å². The van der Waals surface area contributed by atoms with Crippen molar-refractivity contribution in [3.05, 3.63) is 34.1 Å². The predicted molar refractivity (Wildman–Crippen MR) is 71.6 cm³/mol. The topological polar surface area (TPSA) is 21.3 Å². The molecule has 1 aromatic carbocycles. The standard InChI is InChI=1S/C13H19BrFNO/c1-4-11(8-17-3)16-9(2)12-6-5-10(14)7-13(12)15/h5-7,9,11,16H,4,8H2,1-3H3. The molecule has 0 saturated carbocycles. The largest absolute Gasteiger partial charge is 0.383 e. The molecular weight excluding hydrogens is 285 g/mol. The van der Waals surface area contributed by atoms with Crippen molar-refractivity contribution in [2.75, 3.05) is 13.7 Å². The molecule has 0 amide bonds. The normalized spacial score (nSPS) is 14.6. The van der Waals surface area contributed by atoms with Crippen LogP contribution in [-0.4, -0.2) is 19.8 Å².